The first kappa shape index (κ1) is 17.5. The van der Waals surface area contributed by atoms with Crippen LogP contribution >= 0.6 is 7.75 Å². The zero-order valence-corrected chi connectivity index (χ0v) is 11.2. The quantitative estimate of drug-likeness (QED) is 0.359. The normalized spacial score (nSPS) is 18.3. The highest BCUT2D eigenvalue weighted by Crippen LogP contribution is 2.38. The van der Waals surface area contributed by atoms with Crippen molar-refractivity contribution >= 4 is 13.7 Å². The first-order valence-corrected chi connectivity index (χ1v) is 7.02. The van der Waals surface area contributed by atoms with Crippen LogP contribution in [0, 0.1) is 5.92 Å². The second-order valence-corrected chi connectivity index (χ2v) is 5.86. The first-order valence-electron chi connectivity index (χ1n) is 5.44. The van der Waals surface area contributed by atoms with Crippen molar-refractivity contribution in [2.45, 2.75) is 32.4 Å². The van der Waals surface area contributed by atoms with E-state index in [4.69, 9.17) is 15.3 Å². The molecule has 3 atom stereocenters. The molecule has 0 saturated carbocycles. The van der Waals surface area contributed by atoms with E-state index >= 15 is 0 Å². The van der Waals surface area contributed by atoms with Crippen molar-refractivity contribution in [2.24, 2.45) is 5.92 Å². The van der Waals surface area contributed by atoms with E-state index in [1.807, 2.05) is 5.09 Å². The Morgan fingerprint density at radius 2 is 2.00 bits per heavy atom. The second kappa shape index (κ2) is 7.83. The molecule has 0 rings (SSSR count). The molecule has 8 nitrogen and oxygen atoms in total. The molecule has 0 aliphatic heterocycles. The molecule has 0 aliphatic rings. The van der Waals surface area contributed by atoms with Gasteiger partial charge in [-0.3, -0.25) is 9.32 Å². The van der Waals surface area contributed by atoms with Gasteiger partial charge >= 0.3 is 13.7 Å². The summed E-state index contributed by atoms with van der Waals surface area (Å²) in [6, 6.07) is -1.22. The molecule has 9 heteroatoms. The van der Waals surface area contributed by atoms with Gasteiger partial charge in [-0.2, -0.15) is 0 Å². The number of carbonyl (C=O) groups is 1. The van der Waals surface area contributed by atoms with Crippen LogP contribution in [0.15, 0.2) is 0 Å². The molecule has 0 aromatic carbocycles. The lowest BCUT2D eigenvalue weighted by Crippen LogP contribution is -2.36. The molecule has 0 heterocycles. The molecule has 0 bridgehead atoms. The summed E-state index contributed by atoms with van der Waals surface area (Å²) in [6.07, 6.45) is -1.13. The third-order valence-electron chi connectivity index (χ3n) is 1.98. The molecular weight excluding hydrogens is 265 g/mol. The van der Waals surface area contributed by atoms with Crippen LogP contribution in [0.25, 0.3) is 0 Å². The van der Waals surface area contributed by atoms with Crippen molar-refractivity contribution < 1.29 is 34.1 Å². The Bertz CT molecular complexity index is 309. The average Bonchev–Trinajstić information content (AvgIpc) is 2.24. The monoisotopic (exact) mass is 285 g/mol. The molecule has 5 N–H and O–H groups in total. The number of rotatable bonds is 9. The summed E-state index contributed by atoms with van der Waals surface area (Å²) in [5.41, 5.74) is 0. The standard InChI is InChI=1S/C9H20NO7P/c1-6(2)3-8(9(13)14)10-18(15,16)17-5-7(12)4-11/h6-8,11-12H,3-5H2,1-2H3,(H,13,14)(H2,10,15,16)/t7-,8+/m1/s1. The smallest absolute Gasteiger partial charge is 0.403 e. The van der Waals surface area contributed by atoms with E-state index in [0.29, 0.717) is 0 Å². The van der Waals surface area contributed by atoms with E-state index in [1.165, 1.54) is 0 Å². The molecule has 0 saturated heterocycles. The average molecular weight is 285 g/mol. The summed E-state index contributed by atoms with van der Waals surface area (Å²) in [7, 11) is -4.33. The lowest BCUT2D eigenvalue weighted by molar-refractivity contribution is -0.139. The van der Waals surface area contributed by atoms with Gasteiger partial charge in [0.15, 0.2) is 0 Å². The van der Waals surface area contributed by atoms with Gasteiger partial charge in [0.1, 0.15) is 12.1 Å². The van der Waals surface area contributed by atoms with Crippen molar-refractivity contribution in [1.29, 1.82) is 0 Å². The molecule has 18 heavy (non-hydrogen) atoms. The van der Waals surface area contributed by atoms with E-state index in [9.17, 15) is 14.3 Å². The van der Waals surface area contributed by atoms with Crippen LogP contribution in [-0.2, 0) is 13.9 Å². The lowest BCUT2D eigenvalue weighted by Gasteiger charge is -2.20. The van der Waals surface area contributed by atoms with E-state index in [0.717, 1.165) is 0 Å². The number of aliphatic hydroxyl groups excluding tert-OH is 2. The summed E-state index contributed by atoms with van der Waals surface area (Å²) < 4.78 is 16.0. The maximum atomic E-state index is 11.5. The number of aliphatic hydroxyl groups is 2. The van der Waals surface area contributed by atoms with Crippen LogP contribution < -0.4 is 5.09 Å². The Labute approximate surface area is 105 Å². The summed E-state index contributed by atoms with van der Waals surface area (Å²) in [5.74, 6) is -1.24. The van der Waals surface area contributed by atoms with Gasteiger partial charge in [-0.05, 0) is 12.3 Å². The van der Waals surface area contributed by atoms with Crippen molar-refractivity contribution in [1.82, 2.24) is 5.09 Å². The Kier molecular flexibility index (Phi) is 7.61. The predicted molar refractivity (Wildman–Crippen MR) is 62.9 cm³/mol. The highest BCUT2D eigenvalue weighted by atomic mass is 31.2. The molecular formula is C9H20NO7P. The van der Waals surface area contributed by atoms with E-state index < -0.39 is 39.1 Å². The number of nitrogens with one attached hydrogen (secondary N) is 1. The number of aliphatic carboxylic acids is 1. The van der Waals surface area contributed by atoms with Crippen LogP contribution in [0.5, 0.6) is 0 Å². The maximum Gasteiger partial charge on any atom is 0.403 e. The number of carboxylic acid groups (broad SMARTS) is 1. The predicted octanol–water partition coefficient (Wildman–Crippen LogP) is -0.455. The fourth-order valence-corrected chi connectivity index (χ4v) is 2.21. The van der Waals surface area contributed by atoms with Gasteiger partial charge in [-0.1, -0.05) is 13.8 Å². The van der Waals surface area contributed by atoms with Gasteiger partial charge in [0.2, 0.25) is 0 Å². The fraction of sp³-hybridized carbons (Fsp3) is 0.889. The molecule has 108 valence electrons. The molecule has 0 amide bonds. The molecule has 0 aliphatic carbocycles. The minimum atomic E-state index is -4.33. The maximum absolute atomic E-state index is 11.5. The van der Waals surface area contributed by atoms with E-state index in [2.05, 4.69) is 4.52 Å². The van der Waals surface area contributed by atoms with Gasteiger partial charge in [0.25, 0.3) is 0 Å². The van der Waals surface area contributed by atoms with E-state index in [-0.39, 0.29) is 12.3 Å². The zero-order chi connectivity index (χ0) is 14.3. The SMILES string of the molecule is CC(C)C[C@H](NP(=O)(O)OC[C@H](O)CO)C(=O)O. The van der Waals surface area contributed by atoms with Crippen LogP contribution in [0.2, 0.25) is 0 Å². The second-order valence-electron chi connectivity index (χ2n) is 4.30. The van der Waals surface area contributed by atoms with Crippen LogP contribution in [0.3, 0.4) is 0 Å². The summed E-state index contributed by atoms with van der Waals surface area (Å²) >= 11 is 0. The highest BCUT2D eigenvalue weighted by Gasteiger charge is 2.29. The van der Waals surface area contributed by atoms with Gasteiger partial charge < -0.3 is 20.2 Å². The summed E-state index contributed by atoms with van der Waals surface area (Å²) in [6.45, 7) is 2.37. The molecule has 0 radical (unpaired) electrons. The van der Waals surface area contributed by atoms with Gasteiger partial charge in [0.05, 0.1) is 13.2 Å². The molecule has 0 aromatic heterocycles. The van der Waals surface area contributed by atoms with Crippen LogP contribution in [0.1, 0.15) is 20.3 Å². The Morgan fingerprint density at radius 3 is 2.39 bits per heavy atom. The van der Waals surface area contributed by atoms with Gasteiger partial charge in [-0.15, -0.1) is 0 Å². The molecule has 1 unspecified atom stereocenters. The zero-order valence-electron chi connectivity index (χ0n) is 10.3. The largest absolute Gasteiger partial charge is 0.480 e. The lowest BCUT2D eigenvalue weighted by atomic mass is 10.1. The van der Waals surface area contributed by atoms with Crippen molar-refractivity contribution in [2.75, 3.05) is 13.2 Å². The minimum absolute atomic E-state index is 0.0154. The van der Waals surface area contributed by atoms with Gasteiger partial charge in [-0.25, -0.2) is 9.65 Å². The Hall–Kier alpha value is -0.500. The molecule has 0 fully saturated rings. The van der Waals surface area contributed by atoms with Crippen molar-refractivity contribution in [3.63, 3.8) is 0 Å². The fourth-order valence-electron chi connectivity index (χ4n) is 1.15. The number of hydrogen-bond acceptors (Lipinski definition) is 5. The number of hydrogen-bond donors (Lipinski definition) is 5. The van der Waals surface area contributed by atoms with Crippen molar-refractivity contribution in [3.8, 4) is 0 Å². The van der Waals surface area contributed by atoms with Gasteiger partial charge in [0, 0.05) is 0 Å². The third kappa shape index (κ3) is 7.75. The van der Waals surface area contributed by atoms with Crippen LogP contribution in [-0.4, -0.2) is 51.5 Å². The minimum Gasteiger partial charge on any atom is -0.480 e. The van der Waals surface area contributed by atoms with Crippen LogP contribution in [0.4, 0.5) is 0 Å². The highest BCUT2D eigenvalue weighted by molar-refractivity contribution is 7.50. The molecule has 0 aromatic rings. The Morgan fingerprint density at radius 1 is 1.44 bits per heavy atom. The summed E-state index contributed by atoms with van der Waals surface area (Å²) in [4.78, 5) is 20.2. The van der Waals surface area contributed by atoms with Crippen molar-refractivity contribution in [3.05, 3.63) is 0 Å². The topological polar surface area (TPSA) is 136 Å². The first-order chi connectivity index (χ1) is 8.18. The molecule has 0 spiro atoms. The summed E-state index contributed by atoms with van der Waals surface area (Å²) in [5, 5.41) is 28.3. The third-order valence-corrected chi connectivity index (χ3v) is 3.11. The van der Waals surface area contributed by atoms with E-state index in [1.54, 1.807) is 13.8 Å². The number of carboxylic acids is 1. The Balaban J connectivity index is 4.41.